The molecule has 0 radical (unpaired) electrons. The molecule has 2 aliphatic rings. The zero-order valence-corrected chi connectivity index (χ0v) is 15.1. The molecule has 3 N–H and O–H groups in total. The lowest BCUT2D eigenvalue weighted by Gasteiger charge is -2.28. The van der Waals surface area contributed by atoms with Gasteiger partial charge in [0.2, 0.25) is 0 Å². The summed E-state index contributed by atoms with van der Waals surface area (Å²) >= 11 is 0. The van der Waals surface area contributed by atoms with Crippen LogP contribution in [0.25, 0.3) is 11.4 Å². The number of amidine groups is 1. The van der Waals surface area contributed by atoms with Gasteiger partial charge in [-0.05, 0) is 31.5 Å². The summed E-state index contributed by atoms with van der Waals surface area (Å²) in [5.74, 6) is 2.97. The molecular formula is C19H24N6O. The van der Waals surface area contributed by atoms with Gasteiger partial charge in [-0.2, -0.15) is 0 Å². The molecule has 7 nitrogen and oxygen atoms in total. The van der Waals surface area contributed by atoms with Crippen molar-refractivity contribution in [2.75, 3.05) is 19.7 Å². The summed E-state index contributed by atoms with van der Waals surface area (Å²) in [7, 11) is 0. The highest BCUT2D eigenvalue weighted by molar-refractivity contribution is 6.01. The van der Waals surface area contributed by atoms with E-state index in [9.17, 15) is 0 Å². The molecule has 136 valence electrons. The number of nitrogens with one attached hydrogen (secondary N) is 3. The Kier molecular flexibility index (Phi) is 4.46. The highest BCUT2D eigenvalue weighted by Crippen LogP contribution is 2.35. The molecular weight excluding hydrogens is 328 g/mol. The van der Waals surface area contributed by atoms with Gasteiger partial charge < -0.3 is 19.9 Å². The molecule has 4 rings (SSSR count). The standard InChI is InChI=1S/C19H24N6O/c1-12(2)23-18(22-11-20)16-10-25-5-6-26-17-7-13(14-8-21-9-14)3-4-15(17)19(25)24-16/h3-4,7,10-12,14,21H,5-6,8-9H2,1-2H3,(H2,20,22,23). The molecule has 0 aliphatic carbocycles. The molecule has 1 aromatic heterocycles. The van der Waals surface area contributed by atoms with E-state index < -0.39 is 0 Å². The fraction of sp³-hybridized carbons (Fsp3) is 0.421. The average molecular weight is 352 g/mol. The average Bonchev–Trinajstić information content (AvgIpc) is 2.89. The quantitative estimate of drug-likeness (QED) is 0.580. The van der Waals surface area contributed by atoms with Gasteiger partial charge in [-0.15, -0.1) is 0 Å². The van der Waals surface area contributed by atoms with Crippen LogP contribution in [-0.2, 0) is 6.54 Å². The Hall–Kier alpha value is -2.67. The van der Waals surface area contributed by atoms with Crippen LogP contribution in [0.1, 0.15) is 31.0 Å². The van der Waals surface area contributed by atoms with Crippen molar-refractivity contribution in [1.29, 1.82) is 5.41 Å². The van der Waals surface area contributed by atoms with Crippen LogP contribution in [0.5, 0.6) is 5.75 Å². The van der Waals surface area contributed by atoms with Gasteiger partial charge in [-0.3, -0.25) is 5.41 Å². The molecule has 3 heterocycles. The molecule has 26 heavy (non-hydrogen) atoms. The maximum absolute atomic E-state index is 7.32. The number of benzene rings is 1. The van der Waals surface area contributed by atoms with E-state index in [2.05, 4.69) is 38.4 Å². The largest absolute Gasteiger partial charge is 0.491 e. The molecule has 1 aromatic carbocycles. The normalized spacial score (nSPS) is 17.0. The van der Waals surface area contributed by atoms with E-state index in [1.165, 1.54) is 5.56 Å². The SMILES string of the molecule is CC(C)N/C(=N\C=N)c1cn2c(n1)-c1ccc(C3CNC3)cc1OCC2. The molecule has 0 saturated carbocycles. The predicted octanol–water partition coefficient (Wildman–Crippen LogP) is 1.98. The van der Waals surface area contributed by atoms with E-state index in [0.717, 1.165) is 48.8 Å². The number of ether oxygens (including phenoxy) is 1. The van der Waals surface area contributed by atoms with Crippen LogP contribution in [0.15, 0.2) is 29.4 Å². The van der Waals surface area contributed by atoms with Gasteiger partial charge in [-0.1, -0.05) is 6.07 Å². The van der Waals surface area contributed by atoms with Crippen molar-refractivity contribution in [2.24, 2.45) is 4.99 Å². The number of fused-ring (bicyclic) bond motifs is 3. The zero-order valence-electron chi connectivity index (χ0n) is 15.1. The van der Waals surface area contributed by atoms with Gasteiger partial charge in [0, 0.05) is 31.2 Å². The number of aliphatic imine (C=N–C) groups is 1. The van der Waals surface area contributed by atoms with Crippen LogP contribution in [0.3, 0.4) is 0 Å². The Morgan fingerprint density at radius 2 is 2.31 bits per heavy atom. The minimum Gasteiger partial charge on any atom is -0.491 e. The van der Waals surface area contributed by atoms with Crippen LogP contribution < -0.4 is 15.4 Å². The second kappa shape index (κ2) is 6.92. The molecule has 0 unspecified atom stereocenters. The van der Waals surface area contributed by atoms with Gasteiger partial charge in [0.25, 0.3) is 0 Å². The highest BCUT2D eigenvalue weighted by Gasteiger charge is 2.24. The van der Waals surface area contributed by atoms with E-state index in [1.54, 1.807) is 0 Å². The second-order valence-corrected chi connectivity index (χ2v) is 7.01. The summed E-state index contributed by atoms with van der Waals surface area (Å²) in [4.78, 5) is 8.95. The van der Waals surface area contributed by atoms with E-state index in [0.29, 0.717) is 18.4 Å². The Morgan fingerprint density at radius 3 is 3.00 bits per heavy atom. The summed E-state index contributed by atoms with van der Waals surface area (Å²) < 4.78 is 8.10. The lowest BCUT2D eigenvalue weighted by atomic mass is 9.92. The van der Waals surface area contributed by atoms with E-state index in [4.69, 9.17) is 15.1 Å². The Balaban J connectivity index is 1.72. The molecule has 2 aromatic rings. The molecule has 1 saturated heterocycles. The molecule has 7 heteroatoms. The maximum atomic E-state index is 7.32. The summed E-state index contributed by atoms with van der Waals surface area (Å²) in [6.45, 7) is 7.48. The number of imidazole rings is 1. The first-order valence-corrected chi connectivity index (χ1v) is 9.04. The molecule has 2 aliphatic heterocycles. The summed E-state index contributed by atoms with van der Waals surface area (Å²) in [6.07, 6.45) is 3.03. The number of hydrogen-bond donors (Lipinski definition) is 3. The van der Waals surface area contributed by atoms with Crippen molar-refractivity contribution in [3.8, 4) is 17.1 Å². The topological polar surface area (TPSA) is 87.3 Å². The van der Waals surface area contributed by atoms with Gasteiger partial charge in [0.05, 0.1) is 12.1 Å². The van der Waals surface area contributed by atoms with Crippen molar-refractivity contribution < 1.29 is 4.74 Å². The lowest BCUT2D eigenvalue weighted by molar-refractivity contribution is 0.306. The number of hydrogen-bond acceptors (Lipinski definition) is 4. The first kappa shape index (κ1) is 16.8. The van der Waals surface area contributed by atoms with E-state index >= 15 is 0 Å². The minimum atomic E-state index is 0.212. The third kappa shape index (κ3) is 3.10. The monoisotopic (exact) mass is 352 g/mol. The van der Waals surface area contributed by atoms with Crippen LogP contribution in [0.2, 0.25) is 0 Å². The Labute approximate surface area is 153 Å². The van der Waals surface area contributed by atoms with Crippen molar-refractivity contribution >= 4 is 12.2 Å². The van der Waals surface area contributed by atoms with Gasteiger partial charge in [0.1, 0.15) is 30.2 Å². The maximum Gasteiger partial charge on any atom is 0.155 e. The Bertz CT molecular complexity index is 850. The highest BCUT2D eigenvalue weighted by atomic mass is 16.5. The number of rotatable bonds is 4. The fourth-order valence-electron chi connectivity index (χ4n) is 3.31. The third-order valence-electron chi connectivity index (χ3n) is 4.73. The summed E-state index contributed by atoms with van der Waals surface area (Å²) in [6, 6.07) is 6.66. The number of nitrogens with zero attached hydrogens (tertiary/aromatic N) is 3. The number of aromatic nitrogens is 2. The van der Waals surface area contributed by atoms with Crippen molar-refractivity contribution in [1.82, 2.24) is 20.2 Å². The molecule has 0 amide bonds. The van der Waals surface area contributed by atoms with Gasteiger partial charge in [0.15, 0.2) is 5.84 Å². The molecule has 1 fully saturated rings. The van der Waals surface area contributed by atoms with Crippen molar-refractivity contribution in [3.05, 3.63) is 35.7 Å². The first-order chi connectivity index (χ1) is 12.7. The molecule has 0 spiro atoms. The lowest BCUT2D eigenvalue weighted by Crippen LogP contribution is -2.39. The fourth-order valence-corrected chi connectivity index (χ4v) is 3.31. The van der Waals surface area contributed by atoms with Crippen molar-refractivity contribution in [3.63, 3.8) is 0 Å². The molecule has 0 bridgehead atoms. The predicted molar refractivity (Wildman–Crippen MR) is 102 cm³/mol. The third-order valence-corrected chi connectivity index (χ3v) is 4.73. The van der Waals surface area contributed by atoms with E-state index in [-0.39, 0.29) is 6.04 Å². The smallest absolute Gasteiger partial charge is 0.155 e. The molecule has 0 atom stereocenters. The van der Waals surface area contributed by atoms with E-state index in [1.807, 2.05) is 20.0 Å². The van der Waals surface area contributed by atoms with Crippen LogP contribution in [0, 0.1) is 5.41 Å². The summed E-state index contributed by atoms with van der Waals surface area (Å²) in [5, 5.41) is 13.9. The zero-order chi connectivity index (χ0) is 18.1. The van der Waals surface area contributed by atoms with Gasteiger partial charge in [-0.25, -0.2) is 9.98 Å². The van der Waals surface area contributed by atoms with Crippen LogP contribution >= 0.6 is 0 Å². The summed E-state index contributed by atoms with van der Waals surface area (Å²) in [5.41, 5.74) is 3.07. The minimum absolute atomic E-state index is 0.212. The second-order valence-electron chi connectivity index (χ2n) is 7.01. The van der Waals surface area contributed by atoms with Crippen LogP contribution in [-0.4, -0.2) is 47.5 Å². The van der Waals surface area contributed by atoms with Crippen molar-refractivity contribution in [2.45, 2.75) is 32.4 Å². The van der Waals surface area contributed by atoms with Crippen LogP contribution in [0.4, 0.5) is 0 Å². The van der Waals surface area contributed by atoms with Gasteiger partial charge >= 0.3 is 0 Å². The Morgan fingerprint density at radius 1 is 1.46 bits per heavy atom. The first-order valence-electron chi connectivity index (χ1n) is 9.04.